The minimum absolute atomic E-state index is 0.109. The molecule has 6 nitrogen and oxygen atoms in total. The van der Waals surface area contributed by atoms with Crippen LogP contribution in [0, 0.1) is 6.92 Å². The van der Waals surface area contributed by atoms with E-state index in [2.05, 4.69) is 10.3 Å². The lowest BCUT2D eigenvalue weighted by Gasteiger charge is -2.16. The maximum Gasteiger partial charge on any atom is 0.295 e. The molecule has 0 aliphatic heterocycles. The fourth-order valence-electron chi connectivity index (χ4n) is 2.64. The van der Waals surface area contributed by atoms with E-state index in [1.807, 2.05) is 18.2 Å². The smallest absolute Gasteiger partial charge is 0.295 e. The van der Waals surface area contributed by atoms with Gasteiger partial charge in [0.15, 0.2) is 0 Å². The van der Waals surface area contributed by atoms with Crippen LogP contribution < -0.4 is 5.32 Å². The van der Waals surface area contributed by atoms with Gasteiger partial charge in [0, 0.05) is 29.7 Å². The third-order valence-electron chi connectivity index (χ3n) is 3.98. The van der Waals surface area contributed by atoms with Crippen molar-refractivity contribution in [3.8, 4) is 0 Å². The number of hydrogen-bond donors (Lipinski definition) is 2. The largest absolute Gasteiger partial charge is 0.358 e. The van der Waals surface area contributed by atoms with Gasteiger partial charge in [0.1, 0.15) is 0 Å². The Hall–Kier alpha value is -2.63. The second kappa shape index (κ2) is 5.87. The molecule has 0 spiro atoms. The summed E-state index contributed by atoms with van der Waals surface area (Å²) in [5.74, 6) is -1.50. The summed E-state index contributed by atoms with van der Waals surface area (Å²) in [5.41, 5.74) is 1.84. The molecule has 0 radical (unpaired) electrons. The lowest BCUT2D eigenvalue weighted by Crippen LogP contribution is -2.41. The Morgan fingerprint density at radius 2 is 1.96 bits per heavy atom. The number of rotatable bonds is 5. The normalized spacial score (nSPS) is 13.8. The summed E-state index contributed by atoms with van der Waals surface area (Å²) < 4.78 is 0. The average molecular weight is 313 g/mol. The SMILES string of the molecule is Cc1[nH]c2ccccc2c1C(=O)C(=O)N(C)CC(=O)NC1CC1. The van der Waals surface area contributed by atoms with Crippen molar-refractivity contribution in [1.82, 2.24) is 15.2 Å². The minimum Gasteiger partial charge on any atom is -0.358 e. The summed E-state index contributed by atoms with van der Waals surface area (Å²) in [5, 5.41) is 3.53. The van der Waals surface area contributed by atoms with Crippen molar-refractivity contribution in [2.45, 2.75) is 25.8 Å². The van der Waals surface area contributed by atoms with Crippen molar-refractivity contribution in [3.05, 3.63) is 35.5 Å². The van der Waals surface area contributed by atoms with Gasteiger partial charge in [-0.1, -0.05) is 18.2 Å². The number of carbonyl (C=O) groups is 3. The Kier molecular flexibility index (Phi) is 3.90. The zero-order chi connectivity index (χ0) is 16.6. The number of ketones is 1. The topological polar surface area (TPSA) is 82.3 Å². The summed E-state index contributed by atoms with van der Waals surface area (Å²) >= 11 is 0. The molecule has 1 aromatic heterocycles. The molecule has 1 saturated carbocycles. The van der Waals surface area contributed by atoms with Crippen LogP contribution in [-0.2, 0) is 9.59 Å². The lowest BCUT2D eigenvalue weighted by atomic mass is 10.1. The number of amides is 2. The quantitative estimate of drug-likeness (QED) is 0.646. The van der Waals surface area contributed by atoms with Gasteiger partial charge in [-0.2, -0.15) is 0 Å². The molecule has 0 unspecified atom stereocenters. The standard InChI is InChI=1S/C17H19N3O3/c1-10-15(12-5-3-4-6-13(12)18-10)16(22)17(23)20(2)9-14(21)19-11-7-8-11/h3-6,11,18H,7-9H2,1-2H3,(H,19,21). The van der Waals surface area contributed by atoms with E-state index < -0.39 is 11.7 Å². The predicted molar refractivity (Wildman–Crippen MR) is 86.2 cm³/mol. The molecule has 2 amide bonds. The van der Waals surface area contributed by atoms with Crippen molar-refractivity contribution in [2.24, 2.45) is 0 Å². The molecule has 1 aliphatic rings. The first kappa shape index (κ1) is 15.3. The van der Waals surface area contributed by atoms with E-state index in [0.29, 0.717) is 11.3 Å². The molecule has 2 aromatic rings. The third-order valence-corrected chi connectivity index (χ3v) is 3.98. The van der Waals surface area contributed by atoms with E-state index in [-0.39, 0.29) is 18.5 Å². The van der Waals surface area contributed by atoms with Gasteiger partial charge in [0.2, 0.25) is 5.91 Å². The van der Waals surface area contributed by atoms with Crippen LogP contribution in [0.2, 0.25) is 0 Å². The first-order chi connectivity index (χ1) is 11.0. The number of nitrogens with one attached hydrogen (secondary N) is 2. The maximum atomic E-state index is 12.6. The highest BCUT2D eigenvalue weighted by atomic mass is 16.2. The number of benzene rings is 1. The Bertz CT molecular complexity index is 789. The van der Waals surface area contributed by atoms with Crippen molar-refractivity contribution in [3.63, 3.8) is 0 Å². The molecule has 1 aliphatic carbocycles. The van der Waals surface area contributed by atoms with Crippen LogP contribution in [0.15, 0.2) is 24.3 Å². The van der Waals surface area contributed by atoms with E-state index in [4.69, 9.17) is 0 Å². The first-order valence-corrected chi connectivity index (χ1v) is 7.64. The number of hydrogen-bond acceptors (Lipinski definition) is 3. The van der Waals surface area contributed by atoms with Gasteiger partial charge in [-0.3, -0.25) is 14.4 Å². The van der Waals surface area contributed by atoms with Crippen LogP contribution in [0.25, 0.3) is 10.9 Å². The van der Waals surface area contributed by atoms with E-state index in [1.165, 1.54) is 11.9 Å². The zero-order valence-corrected chi connectivity index (χ0v) is 13.2. The lowest BCUT2D eigenvalue weighted by molar-refractivity contribution is -0.131. The first-order valence-electron chi connectivity index (χ1n) is 7.64. The van der Waals surface area contributed by atoms with Crippen molar-refractivity contribution < 1.29 is 14.4 Å². The van der Waals surface area contributed by atoms with Crippen molar-refractivity contribution >= 4 is 28.5 Å². The molecule has 2 N–H and O–H groups in total. The summed E-state index contributed by atoms with van der Waals surface area (Å²) in [4.78, 5) is 41.0. The van der Waals surface area contributed by atoms with Gasteiger partial charge >= 0.3 is 0 Å². The fraction of sp³-hybridized carbons (Fsp3) is 0.353. The highest BCUT2D eigenvalue weighted by molar-refractivity contribution is 6.45. The Morgan fingerprint density at radius 1 is 1.26 bits per heavy atom. The number of para-hydroxylation sites is 1. The minimum atomic E-state index is -0.677. The summed E-state index contributed by atoms with van der Waals surface area (Å²) in [6.45, 7) is 1.66. The number of Topliss-reactive ketones (excluding diaryl/α,β-unsaturated/α-hetero) is 1. The predicted octanol–water partition coefficient (Wildman–Crippen LogP) is 1.40. The Labute approximate surface area is 133 Å². The van der Waals surface area contributed by atoms with Gasteiger partial charge in [-0.05, 0) is 25.8 Å². The molecule has 6 heteroatoms. The molecule has 0 saturated heterocycles. The maximum absolute atomic E-state index is 12.6. The molecule has 1 fully saturated rings. The van der Waals surface area contributed by atoms with E-state index in [9.17, 15) is 14.4 Å². The van der Waals surface area contributed by atoms with Crippen molar-refractivity contribution in [2.75, 3.05) is 13.6 Å². The van der Waals surface area contributed by atoms with Gasteiger partial charge in [-0.15, -0.1) is 0 Å². The number of aromatic nitrogens is 1. The number of carbonyl (C=O) groups excluding carboxylic acids is 3. The number of aromatic amines is 1. The van der Waals surface area contributed by atoms with Crippen LogP contribution in [0.5, 0.6) is 0 Å². The molecule has 0 atom stereocenters. The Morgan fingerprint density at radius 3 is 2.65 bits per heavy atom. The number of aryl methyl sites for hydroxylation is 1. The third kappa shape index (κ3) is 3.11. The van der Waals surface area contributed by atoms with Crippen LogP contribution in [-0.4, -0.2) is 47.1 Å². The van der Waals surface area contributed by atoms with Gasteiger partial charge < -0.3 is 15.2 Å². The van der Waals surface area contributed by atoms with Gasteiger partial charge in [0.05, 0.1) is 12.1 Å². The average Bonchev–Trinajstić information content (AvgIpc) is 3.25. The summed E-state index contributed by atoms with van der Waals surface area (Å²) in [6.07, 6.45) is 1.97. The second-order valence-corrected chi connectivity index (χ2v) is 6.00. The molecule has 1 aromatic carbocycles. The molecule has 3 rings (SSSR count). The van der Waals surface area contributed by atoms with Crippen molar-refractivity contribution in [1.29, 1.82) is 0 Å². The number of H-pyrrole nitrogens is 1. The molecular formula is C17H19N3O3. The van der Waals surface area contributed by atoms with E-state index in [1.54, 1.807) is 13.0 Å². The second-order valence-electron chi connectivity index (χ2n) is 6.00. The zero-order valence-electron chi connectivity index (χ0n) is 13.2. The summed E-state index contributed by atoms with van der Waals surface area (Å²) in [7, 11) is 1.47. The number of nitrogens with zero attached hydrogens (tertiary/aromatic N) is 1. The monoisotopic (exact) mass is 313 g/mol. The molecule has 23 heavy (non-hydrogen) atoms. The molecule has 120 valence electrons. The highest BCUT2D eigenvalue weighted by Gasteiger charge is 2.28. The van der Waals surface area contributed by atoms with Crippen LogP contribution in [0.3, 0.4) is 0 Å². The Balaban J connectivity index is 1.76. The van der Waals surface area contributed by atoms with Crippen LogP contribution in [0.4, 0.5) is 0 Å². The van der Waals surface area contributed by atoms with Crippen LogP contribution in [0.1, 0.15) is 28.9 Å². The molecular weight excluding hydrogens is 294 g/mol. The van der Waals surface area contributed by atoms with Gasteiger partial charge in [-0.25, -0.2) is 0 Å². The molecule has 1 heterocycles. The van der Waals surface area contributed by atoms with E-state index in [0.717, 1.165) is 23.7 Å². The molecule has 0 bridgehead atoms. The number of fused-ring (bicyclic) bond motifs is 1. The van der Waals surface area contributed by atoms with Crippen LogP contribution >= 0.6 is 0 Å². The summed E-state index contributed by atoms with van der Waals surface area (Å²) in [6, 6.07) is 7.58. The number of likely N-dealkylation sites (N-methyl/N-ethyl adjacent to an activating group) is 1. The highest BCUT2D eigenvalue weighted by Crippen LogP contribution is 2.23. The van der Waals surface area contributed by atoms with E-state index >= 15 is 0 Å². The van der Waals surface area contributed by atoms with Gasteiger partial charge in [0.25, 0.3) is 11.7 Å². The fourth-order valence-corrected chi connectivity index (χ4v) is 2.64.